The maximum atomic E-state index is 12.5. The molecule has 0 spiro atoms. The fourth-order valence-electron chi connectivity index (χ4n) is 2.76. The SMILES string of the molecule is O=C1CSC(c2ccc(Cl)cc2Cl)N1c1nc2ccc(OC(F)(F)F)cc2s1. The van der Waals surface area contributed by atoms with Crippen LogP contribution in [0.1, 0.15) is 10.9 Å². The van der Waals surface area contributed by atoms with Crippen molar-refractivity contribution in [2.45, 2.75) is 11.7 Å². The third-order valence-corrected chi connectivity index (χ3v) is 6.66. The van der Waals surface area contributed by atoms with Crippen LogP contribution in [0.2, 0.25) is 10.0 Å². The van der Waals surface area contributed by atoms with E-state index in [1.54, 1.807) is 18.2 Å². The number of fused-ring (bicyclic) bond motifs is 1. The number of hydrogen-bond donors (Lipinski definition) is 0. The second kappa shape index (κ2) is 7.29. The molecule has 0 radical (unpaired) electrons. The van der Waals surface area contributed by atoms with Crippen molar-refractivity contribution >= 4 is 67.6 Å². The summed E-state index contributed by atoms with van der Waals surface area (Å²) >= 11 is 14.7. The number of ether oxygens (including phenoxy) is 1. The Morgan fingerprint density at radius 1 is 1.18 bits per heavy atom. The molecule has 1 saturated heterocycles. The first kappa shape index (κ1) is 19.6. The second-order valence-electron chi connectivity index (χ2n) is 5.77. The average Bonchev–Trinajstić information content (AvgIpc) is 3.16. The van der Waals surface area contributed by atoms with E-state index in [-0.39, 0.29) is 17.4 Å². The number of halogens is 5. The number of benzene rings is 2. The van der Waals surface area contributed by atoms with E-state index in [1.807, 2.05) is 0 Å². The minimum Gasteiger partial charge on any atom is -0.406 e. The van der Waals surface area contributed by atoms with Gasteiger partial charge in [0.15, 0.2) is 5.13 Å². The zero-order valence-corrected chi connectivity index (χ0v) is 16.8. The van der Waals surface area contributed by atoms with Crippen molar-refractivity contribution in [3.8, 4) is 5.75 Å². The fraction of sp³-hybridized carbons (Fsp3) is 0.176. The van der Waals surface area contributed by atoms with Crippen LogP contribution in [0, 0.1) is 0 Å². The molecule has 146 valence electrons. The molecule has 0 bridgehead atoms. The highest BCUT2D eigenvalue weighted by Crippen LogP contribution is 2.46. The Labute approximate surface area is 175 Å². The molecule has 2 heterocycles. The van der Waals surface area contributed by atoms with Gasteiger partial charge in [0, 0.05) is 21.7 Å². The highest BCUT2D eigenvalue weighted by molar-refractivity contribution is 8.00. The van der Waals surface area contributed by atoms with Gasteiger partial charge in [-0.2, -0.15) is 0 Å². The van der Waals surface area contributed by atoms with Crippen LogP contribution in [0.25, 0.3) is 10.2 Å². The zero-order valence-electron chi connectivity index (χ0n) is 13.7. The number of thiazole rings is 1. The van der Waals surface area contributed by atoms with Crippen molar-refractivity contribution in [2.75, 3.05) is 10.7 Å². The standard InChI is InChI=1S/C17H9Cl2F3N2O2S2/c18-8-1-3-10(11(19)5-8)15-24(14(25)7-27-15)16-23-12-4-2-9(6-13(12)28-16)26-17(20,21)22/h1-6,15H,7H2. The molecule has 0 N–H and O–H groups in total. The predicted molar refractivity (Wildman–Crippen MR) is 105 cm³/mol. The van der Waals surface area contributed by atoms with Gasteiger partial charge < -0.3 is 4.74 Å². The Hall–Kier alpha value is -1.68. The lowest BCUT2D eigenvalue weighted by atomic mass is 10.2. The monoisotopic (exact) mass is 464 g/mol. The number of nitrogens with zero attached hydrogens (tertiary/aromatic N) is 2. The number of rotatable bonds is 3. The van der Waals surface area contributed by atoms with E-state index in [0.717, 1.165) is 11.3 Å². The van der Waals surface area contributed by atoms with Crippen molar-refractivity contribution in [1.82, 2.24) is 4.98 Å². The van der Waals surface area contributed by atoms with Gasteiger partial charge in [0.1, 0.15) is 11.1 Å². The van der Waals surface area contributed by atoms with Crippen LogP contribution in [0.4, 0.5) is 18.3 Å². The Balaban J connectivity index is 1.71. The Morgan fingerprint density at radius 2 is 1.96 bits per heavy atom. The van der Waals surface area contributed by atoms with E-state index in [9.17, 15) is 18.0 Å². The summed E-state index contributed by atoms with van der Waals surface area (Å²) < 4.78 is 41.7. The number of carbonyl (C=O) groups excluding carboxylic acids is 1. The molecule has 1 fully saturated rings. The number of thioether (sulfide) groups is 1. The smallest absolute Gasteiger partial charge is 0.406 e. The summed E-state index contributed by atoms with van der Waals surface area (Å²) in [6.45, 7) is 0. The highest BCUT2D eigenvalue weighted by Gasteiger charge is 2.37. The van der Waals surface area contributed by atoms with E-state index in [1.165, 1.54) is 34.9 Å². The number of hydrogen-bond acceptors (Lipinski definition) is 5. The van der Waals surface area contributed by atoms with Crippen LogP contribution in [0.15, 0.2) is 36.4 Å². The molecule has 0 aliphatic carbocycles. The van der Waals surface area contributed by atoms with Gasteiger partial charge in [0.05, 0.1) is 16.0 Å². The summed E-state index contributed by atoms with van der Waals surface area (Å²) in [4.78, 5) is 18.4. The van der Waals surface area contributed by atoms with Crippen molar-refractivity contribution in [2.24, 2.45) is 0 Å². The van der Waals surface area contributed by atoms with E-state index in [0.29, 0.717) is 31.0 Å². The number of amides is 1. The van der Waals surface area contributed by atoms with E-state index in [4.69, 9.17) is 23.2 Å². The number of anilines is 1. The summed E-state index contributed by atoms with van der Waals surface area (Å²) in [5.41, 5.74) is 1.18. The van der Waals surface area contributed by atoms with Crippen molar-refractivity contribution in [1.29, 1.82) is 0 Å². The van der Waals surface area contributed by atoms with Gasteiger partial charge in [-0.1, -0.05) is 40.6 Å². The summed E-state index contributed by atoms with van der Waals surface area (Å²) in [5.74, 6) is -0.261. The lowest BCUT2D eigenvalue weighted by Gasteiger charge is -2.22. The molecule has 1 aliphatic rings. The number of carbonyl (C=O) groups is 1. The molecule has 1 unspecified atom stereocenters. The Morgan fingerprint density at radius 3 is 2.68 bits per heavy atom. The van der Waals surface area contributed by atoms with Crippen LogP contribution in [0.5, 0.6) is 5.75 Å². The Bertz CT molecular complexity index is 1070. The number of aromatic nitrogens is 1. The maximum Gasteiger partial charge on any atom is 0.573 e. The van der Waals surface area contributed by atoms with E-state index < -0.39 is 11.7 Å². The first-order chi connectivity index (χ1) is 13.2. The topological polar surface area (TPSA) is 42.4 Å². The summed E-state index contributed by atoms with van der Waals surface area (Å²) in [7, 11) is 0. The van der Waals surface area contributed by atoms with Gasteiger partial charge in [-0.3, -0.25) is 9.69 Å². The fourth-order valence-corrected chi connectivity index (χ4v) is 5.63. The normalized spacial score (nSPS) is 17.5. The summed E-state index contributed by atoms with van der Waals surface area (Å²) in [6, 6.07) is 8.89. The van der Waals surface area contributed by atoms with Crippen molar-refractivity contribution in [3.05, 3.63) is 52.0 Å². The minimum atomic E-state index is -4.78. The first-order valence-electron chi connectivity index (χ1n) is 7.76. The quantitative estimate of drug-likeness (QED) is 0.457. The molecule has 1 amide bonds. The van der Waals surface area contributed by atoms with Crippen LogP contribution in [0.3, 0.4) is 0 Å². The molecule has 1 aliphatic heterocycles. The maximum absolute atomic E-state index is 12.5. The molecule has 4 nitrogen and oxygen atoms in total. The van der Waals surface area contributed by atoms with Gasteiger partial charge in [-0.25, -0.2) is 4.98 Å². The third-order valence-electron chi connectivity index (χ3n) is 3.88. The lowest BCUT2D eigenvalue weighted by molar-refractivity contribution is -0.274. The molecular formula is C17H9Cl2F3N2O2S2. The highest BCUT2D eigenvalue weighted by atomic mass is 35.5. The lowest BCUT2D eigenvalue weighted by Crippen LogP contribution is -2.27. The molecule has 1 atom stereocenters. The first-order valence-corrected chi connectivity index (χ1v) is 10.4. The largest absolute Gasteiger partial charge is 0.573 e. The van der Waals surface area contributed by atoms with Gasteiger partial charge in [-0.05, 0) is 24.3 Å². The summed E-state index contributed by atoms with van der Waals surface area (Å²) in [6.07, 6.45) is -4.78. The zero-order chi connectivity index (χ0) is 20.1. The van der Waals surface area contributed by atoms with Gasteiger partial charge in [-0.15, -0.1) is 24.9 Å². The van der Waals surface area contributed by atoms with Crippen LogP contribution < -0.4 is 9.64 Å². The molecule has 28 heavy (non-hydrogen) atoms. The predicted octanol–water partition coefficient (Wildman–Crippen LogP) is 6.28. The minimum absolute atomic E-state index is 0.160. The van der Waals surface area contributed by atoms with Gasteiger partial charge in [0.2, 0.25) is 5.91 Å². The van der Waals surface area contributed by atoms with Crippen molar-refractivity contribution < 1.29 is 22.7 Å². The molecule has 11 heteroatoms. The van der Waals surface area contributed by atoms with Gasteiger partial charge in [0.25, 0.3) is 0 Å². The van der Waals surface area contributed by atoms with Crippen LogP contribution in [-0.4, -0.2) is 23.0 Å². The van der Waals surface area contributed by atoms with Gasteiger partial charge >= 0.3 is 6.36 Å². The van der Waals surface area contributed by atoms with E-state index in [2.05, 4.69) is 9.72 Å². The second-order valence-corrected chi connectivity index (χ2v) is 8.69. The molecule has 4 rings (SSSR count). The van der Waals surface area contributed by atoms with Crippen molar-refractivity contribution in [3.63, 3.8) is 0 Å². The average molecular weight is 465 g/mol. The molecule has 3 aromatic rings. The van der Waals surface area contributed by atoms with Crippen LogP contribution >= 0.6 is 46.3 Å². The molecular weight excluding hydrogens is 456 g/mol. The Kier molecular flexibility index (Phi) is 5.11. The summed E-state index contributed by atoms with van der Waals surface area (Å²) in [5, 5.41) is 0.882. The molecule has 2 aromatic carbocycles. The third kappa shape index (κ3) is 3.89. The number of alkyl halides is 3. The van der Waals surface area contributed by atoms with E-state index >= 15 is 0 Å². The van der Waals surface area contributed by atoms with Crippen LogP contribution in [-0.2, 0) is 4.79 Å². The molecule has 1 aromatic heterocycles. The molecule has 0 saturated carbocycles.